The number of fused-ring (bicyclic) bond motifs is 7. The number of benzene rings is 7. The van der Waals surface area contributed by atoms with Crippen molar-refractivity contribution < 1.29 is 45.3 Å². The number of hydrogen-bond acceptors (Lipinski definition) is 9. The van der Waals surface area contributed by atoms with Crippen molar-refractivity contribution in [1.82, 2.24) is 0 Å². The van der Waals surface area contributed by atoms with E-state index in [9.17, 15) is 40.9 Å². The molecule has 2 atom stereocenters. The summed E-state index contributed by atoms with van der Waals surface area (Å²) in [6.07, 6.45) is 12.6. The summed E-state index contributed by atoms with van der Waals surface area (Å²) >= 11 is 0. The fourth-order valence-electron chi connectivity index (χ4n) is 8.62. The van der Waals surface area contributed by atoms with Gasteiger partial charge in [-0.25, -0.2) is 0 Å². The Bertz CT molecular complexity index is 3020. The minimum atomic E-state index is -1.03. The maximum Gasteiger partial charge on any atom is 0.204 e. The molecular weight excluding hydrogens is 721 g/mol. The molecule has 2 aliphatic carbocycles. The van der Waals surface area contributed by atoms with Gasteiger partial charge in [0.05, 0.1) is 0 Å². The monoisotopic (exact) mass is 752 g/mol. The Labute approximate surface area is 324 Å². The van der Waals surface area contributed by atoms with Crippen LogP contribution >= 0.6 is 0 Å². The number of hydrogen-bond donors (Lipinski definition) is 8. The van der Waals surface area contributed by atoms with Gasteiger partial charge in [-0.05, 0) is 45.5 Å². The van der Waals surface area contributed by atoms with Gasteiger partial charge in [0, 0.05) is 55.5 Å². The lowest BCUT2D eigenvalue weighted by Gasteiger charge is -2.23. The Morgan fingerprint density at radius 3 is 1.56 bits per heavy atom. The molecule has 57 heavy (non-hydrogen) atoms. The van der Waals surface area contributed by atoms with E-state index in [1.165, 1.54) is 0 Å². The van der Waals surface area contributed by atoms with Crippen LogP contribution in [0, 0.1) is 5.92 Å². The average Bonchev–Trinajstić information content (AvgIpc) is 3.65. The molecule has 9 heteroatoms. The van der Waals surface area contributed by atoms with Crippen LogP contribution in [0.3, 0.4) is 0 Å². The van der Waals surface area contributed by atoms with Gasteiger partial charge in [0.25, 0.3) is 0 Å². The van der Waals surface area contributed by atoms with Crippen molar-refractivity contribution in [2.24, 2.45) is 5.92 Å². The first-order chi connectivity index (χ1) is 27.6. The van der Waals surface area contributed by atoms with E-state index in [0.717, 1.165) is 44.5 Å². The SMILES string of the molecule is Oc1c(O)c(O)c2c(-c3cccc(-c4ccccc4)c3)c3c(O)c(O)c(O)c(O)c3c(-c3ccc(-c4cccc5oc6c(c45)C=CC4C=CC=CC64)cc3)c2c1O. The maximum atomic E-state index is 11.7. The summed E-state index contributed by atoms with van der Waals surface area (Å²) < 4.78 is 6.45. The molecule has 1 heterocycles. The predicted molar refractivity (Wildman–Crippen MR) is 220 cm³/mol. The molecule has 2 unspecified atom stereocenters. The minimum absolute atomic E-state index is 0.0145. The second-order valence-electron chi connectivity index (χ2n) is 14.4. The first-order valence-corrected chi connectivity index (χ1v) is 18.2. The van der Waals surface area contributed by atoms with Crippen molar-refractivity contribution in [2.75, 3.05) is 0 Å². The van der Waals surface area contributed by atoms with Crippen LogP contribution in [-0.2, 0) is 0 Å². The third kappa shape index (κ3) is 4.82. The fraction of sp³-hybridized carbons (Fsp3) is 0.0417. The molecule has 9 nitrogen and oxygen atoms in total. The molecule has 8 aromatic rings. The lowest BCUT2D eigenvalue weighted by atomic mass is 9.80. The Morgan fingerprint density at radius 2 is 0.930 bits per heavy atom. The number of aromatic hydroxyl groups is 8. The molecular formula is C48H32O9. The topological polar surface area (TPSA) is 175 Å². The summed E-state index contributed by atoms with van der Waals surface area (Å²) in [5, 5.41) is 90.6. The Morgan fingerprint density at radius 1 is 0.404 bits per heavy atom. The largest absolute Gasteiger partial charge is 0.504 e. The molecule has 0 fully saturated rings. The molecule has 1 aromatic heterocycles. The van der Waals surface area contributed by atoms with Gasteiger partial charge in [-0.15, -0.1) is 0 Å². The van der Waals surface area contributed by atoms with Crippen LogP contribution in [0.15, 0.2) is 132 Å². The summed E-state index contributed by atoms with van der Waals surface area (Å²) in [5.74, 6) is -6.28. The van der Waals surface area contributed by atoms with Crippen LogP contribution in [0.1, 0.15) is 17.2 Å². The Balaban J connectivity index is 1.25. The molecule has 0 aliphatic heterocycles. The quantitative estimate of drug-likeness (QED) is 0.0494. The summed E-state index contributed by atoms with van der Waals surface area (Å²) in [6, 6.07) is 29.2. The number of allylic oxidation sites excluding steroid dienone is 5. The molecule has 8 N–H and O–H groups in total. The maximum absolute atomic E-state index is 11.7. The van der Waals surface area contributed by atoms with Gasteiger partial charge in [-0.3, -0.25) is 0 Å². The minimum Gasteiger partial charge on any atom is -0.504 e. The predicted octanol–water partition coefficient (Wildman–Crippen LogP) is 10.9. The smallest absolute Gasteiger partial charge is 0.204 e. The van der Waals surface area contributed by atoms with E-state index in [2.05, 4.69) is 24.3 Å². The normalized spacial score (nSPS) is 15.7. The molecule has 2 aliphatic rings. The zero-order chi connectivity index (χ0) is 39.3. The lowest BCUT2D eigenvalue weighted by Crippen LogP contribution is -2.11. The first-order valence-electron chi connectivity index (χ1n) is 18.2. The molecule has 10 rings (SSSR count). The molecule has 0 spiro atoms. The van der Waals surface area contributed by atoms with Gasteiger partial charge in [0.15, 0.2) is 23.0 Å². The van der Waals surface area contributed by atoms with Gasteiger partial charge >= 0.3 is 0 Å². The highest BCUT2D eigenvalue weighted by atomic mass is 16.4. The standard InChI is InChI=1S/C48H32O9/c49-40-36-33(26-18-16-25(17-19-26)29-14-7-15-32-35(29)31-21-20-24-10-4-5-13-30(24)48(31)57-32)37-39(43(52)47(56)45(54)41(37)50)34(38(36)42(51)46(55)44(40)53)28-12-6-11-27(22-28)23-8-2-1-3-9-23/h1-22,24,30,49-56H. The number of phenols is 8. The molecule has 278 valence electrons. The molecule has 0 radical (unpaired) electrons. The molecule has 7 aromatic carbocycles. The highest BCUT2D eigenvalue weighted by Gasteiger charge is 2.33. The fourth-order valence-corrected chi connectivity index (χ4v) is 8.62. The molecule has 0 saturated carbocycles. The van der Waals surface area contributed by atoms with Crippen LogP contribution in [0.5, 0.6) is 46.0 Å². The van der Waals surface area contributed by atoms with E-state index in [4.69, 9.17) is 4.42 Å². The number of rotatable bonds is 4. The molecule has 0 bridgehead atoms. The van der Waals surface area contributed by atoms with Gasteiger partial charge in [-0.2, -0.15) is 0 Å². The average molecular weight is 753 g/mol. The third-order valence-electron chi connectivity index (χ3n) is 11.3. The number of furan rings is 1. The summed E-state index contributed by atoms with van der Waals surface area (Å²) in [6.45, 7) is 0. The van der Waals surface area contributed by atoms with Crippen molar-refractivity contribution in [1.29, 1.82) is 0 Å². The van der Waals surface area contributed by atoms with E-state index < -0.39 is 46.0 Å². The van der Waals surface area contributed by atoms with E-state index in [1.54, 1.807) is 30.3 Å². The molecule has 0 saturated heterocycles. The van der Waals surface area contributed by atoms with Crippen LogP contribution in [-0.4, -0.2) is 40.9 Å². The van der Waals surface area contributed by atoms with Crippen molar-refractivity contribution in [3.63, 3.8) is 0 Å². The van der Waals surface area contributed by atoms with Gasteiger partial charge < -0.3 is 45.3 Å². The van der Waals surface area contributed by atoms with Crippen molar-refractivity contribution in [3.05, 3.63) is 139 Å². The van der Waals surface area contributed by atoms with Crippen LogP contribution in [0.2, 0.25) is 0 Å². The van der Waals surface area contributed by atoms with Crippen LogP contribution in [0.4, 0.5) is 0 Å². The van der Waals surface area contributed by atoms with Crippen molar-refractivity contribution in [3.8, 4) is 90.5 Å². The Kier molecular flexibility index (Phi) is 7.33. The van der Waals surface area contributed by atoms with Gasteiger partial charge in [0.2, 0.25) is 23.0 Å². The lowest BCUT2D eigenvalue weighted by molar-refractivity contribution is 0.350. The van der Waals surface area contributed by atoms with E-state index in [1.807, 2.05) is 78.9 Å². The Hall–Kier alpha value is -7.78. The van der Waals surface area contributed by atoms with Crippen LogP contribution < -0.4 is 0 Å². The zero-order valence-corrected chi connectivity index (χ0v) is 29.8. The number of phenolic OH excluding ortho intramolecular Hbond substituents is 8. The van der Waals surface area contributed by atoms with E-state index in [-0.39, 0.29) is 44.5 Å². The van der Waals surface area contributed by atoms with Crippen molar-refractivity contribution >= 4 is 38.6 Å². The van der Waals surface area contributed by atoms with E-state index >= 15 is 0 Å². The summed E-state index contributed by atoms with van der Waals surface area (Å²) in [4.78, 5) is 0. The zero-order valence-electron chi connectivity index (χ0n) is 29.8. The second kappa shape index (κ2) is 12.4. The second-order valence-corrected chi connectivity index (χ2v) is 14.4. The summed E-state index contributed by atoms with van der Waals surface area (Å²) in [5.41, 5.74) is 5.58. The van der Waals surface area contributed by atoms with Gasteiger partial charge in [0.1, 0.15) is 11.3 Å². The summed E-state index contributed by atoms with van der Waals surface area (Å²) in [7, 11) is 0. The third-order valence-corrected chi connectivity index (χ3v) is 11.3. The molecule has 0 amide bonds. The first kappa shape index (κ1) is 33.8. The van der Waals surface area contributed by atoms with E-state index in [0.29, 0.717) is 11.1 Å². The highest BCUT2D eigenvalue weighted by Crippen LogP contribution is 2.62. The van der Waals surface area contributed by atoms with Crippen molar-refractivity contribution in [2.45, 2.75) is 5.92 Å². The van der Waals surface area contributed by atoms with Gasteiger partial charge in [-0.1, -0.05) is 121 Å². The highest BCUT2D eigenvalue weighted by molar-refractivity contribution is 6.29. The van der Waals surface area contributed by atoms with Crippen LogP contribution in [0.25, 0.3) is 83.1 Å².